The Bertz CT molecular complexity index is 1010. The van der Waals surface area contributed by atoms with E-state index in [9.17, 15) is 20.1 Å². The molecule has 5 atom stereocenters. The van der Waals surface area contributed by atoms with Gasteiger partial charge in [0.05, 0.1) is 12.9 Å². The number of ether oxygens (including phenoxy) is 1. The van der Waals surface area contributed by atoms with Gasteiger partial charge in [-0.15, -0.1) is 5.92 Å². The number of hydrogen-bond acceptors (Lipinski definition) is 8. The zero-order chi connectivity index (χ0) is 21.5. The van der Waals surface area contributed by atoms with Crippen LogP contribution < -0.4 is 5.73 Å². The molecular weight excluding hydrogens is 392 g/mol. The predicted octanol–water partition coefficient (Wildman–Crippen LogP) is -1.03. The van der Waals surface area contributed by atoms with E-state index in [1.54, 1.807) is 11.5 Å². The lowest BCUT2D eigenvalue weighted by atomic mass is 10.1. The third kappa shape index (κ3) is 3.70. The summed E-state index contributed by atoms with van der Waals surface area (Å²) in [5, 5.41) is 30.5. The Labute approximate surface area is 172 Å². The average Bonchev–Trinajstić information content (AvgIpc) is 3.25. The van der Waals surface area contributed by atoms with Gasteiger partial charge < -0.3 is 30.3 Å². The van der Waals surface area contributed by atoms with Gasteiger partial charge in [-0.2, -0.15) is 0 Å². The van der Waals surface area contributed by atoms with Crippen molar-refractivity contribution in [2.75, 3.05) is 31.9 Å². The number of quaternary nitrogens is 1. The van der Waals surface area contributed by atoms with Gasteiger partial charge in [0.1, 0.15) is 55.7 Å². The number of nitrogens with zero attached hydrogens (tertiary/aromatic N) is 5. The number of aliphatic carboxylic acids is 1. The van der Waals surface area contributed by atoms with Gasteiger partial charge in [-0.1, -0.05) is 5.92 Å². The standard InChI is InChI=1S/C19H24N6O5/c1-2-3-11(19(28)29)4-5-25(6-7-25)8-12-14(26)15(27)18(30-12)24-10-23-13-16(20)21-9-22-17(13)24/h9-12,14-15,18,26-27H,4-8H2,1H3,(H2-,20,21,22,28,29)/p+1/t11?,12-,14+,15?,18-/m1/s1. The number of aromatic nitrogens is 4. The normalized spacial score (nSPS) is 28.1. The molecule has 0 saturated carbocycles. The maximum atomic E-state index is 11.3. The second-order valence-electron chi connectivity index (χ2n) is 7.90. The van der Waals surface area contributed by atoms with E-state index in [1.807, 2.05) is 0 Å². The molecule has 0 aromatic carbocycles. The van der Waals surface area contributed by atoms with E-state index in [0.29, 0.717) is 35.2 Å². The van der Waals surface area contributed by atoms with Crippen molar-refractivity contribution in [1.82, 2.24) is 19.5 Å². The molecule has 2 unspecified atom stereocenters. The number of carboxylic acid groups (broad SMARTS) is 1. The smallest absolute Gasteiger partial charge is 0.318 e. The molecule has 0 radical (unpaired) electrons. The minimum atomic E-state index is -1.17. The Balaban J connectivity index is 1.46. The molecule has 0 amide bonds. The number of anilines is 1. The summed E-state index contributed by atoms with van der Waals surface area (Å²) in [6, 6.07) is 0. The van der Waals surface area contributed by atoms with Crippen molar-refractivity contribution in [3.05, 3.63) is 12.7 Å². The zero-order valence-corrected chi connectivity index (χ0v) is 16.5. The molecule has 5 N–H and O–H groups in total. The highest BCUT2D eigenvalue weighted by Crippen LogP contribution is 2.35. The summed E-state index contributed by atoms with van der Waals surface area (Å²) in [4.78, 5) is 23.6. The van der Waals surface area contributed by atoms with Crippen molar-refractivity contribution in [2.24, 2.45) is 5.92 Å². The fourth-order valence-electron chi connectivity index (χ4n) is 4.02. The monoisotopic (exact) mass is 417 g/mol. The fraction of sp³-hybridized carbons (Fsp3) is 0.579. The van der Waals surface area contributed by atoms with Crippen molar-refractivity contribution >= 4 is 23.0 Å². The summed E-state index contributed by atoms with van der Waals surface area (Å²) in [6.07, 6.45) is -0.533. The van der Waals surface area contributed by atoms with Gasteiger partial charge in [0, 0.05) is 6.42 Å². The first-order chi connectivity index (χ1) is 14.3. The van der Waals surface area contributed by atoms with Gasteiger partial charge >= 0.3 is 5.97 Å². The number of hydrogen-bond donors (Lipinski definition) is 4. The van der Waals surface area contributed by atoms with E-state index in [-0.39, 0.29) is 5.82 Å². The zero-order valence-electron chi connectivity index (χ0n) is 16.5. The van der Waals surface area contributed by atoms with Crippen LogP contribution in [0.25, 0.3) is 11.2 Å². The molecule has 11 heteroatoms. The third-order valence-electron chi connectivity index (χ3n) is 5.93. The van der Waals surface area contributed by atoms with Crippen LogP contribution in [0.4, 0.5) is 5.82 Å². The Morgan fingerprint density at radius 3 is 2.80 bits per heavy atom. The molecule has 30 heavy (non-hydrogen) atoms. The van der Waals surface area contributed by atoms with Gasteiger partial charge in [-0.25, -0.2) is 15.0 Å². The fourth-order valence-corrected chi connectivity index (χ4v) is 4.02. The second-order valence-corrected chi connectivity index (χ2v) is 7.90. The molecule has 2 saturated heterocycles. The van der Waals surface area contributed by atoms with Gasteiger partial charge in [0.25, 0.3) is 0 Å². The maximum Gasteiger partial charge on any atom is 0.318 e. The molecule has 4 rings (SSSR count). The number of nitrogens with two attached hydrogens (primary N) is 1. The molecule has 4 heterocycles. The van der Waals surface area contributed by atoms with Crippen molar-refractivity contribution in [3.8, 4) is 11.8 Å². The molecule has 2 aromatic heterocycles. The molecule has 160 valence electrons. The topological polar surface area (TPSA) is 157 Å². The number of nitrogen functional groups attached to an aromatic ring is 1. The number of carboxylic acids is 1. The first-order valence-corrected chi connectivity index (χ1v) is 9.80. The highest BCUT2D eigenvalue weighted by atomic mass is 16.6. The number of carbonyl (C=O) groups is 1. The van der Waals surface area contributed by atoms with Gasteiger partial charge in [-0.3, -0.25) is 9.36 Å². The lowest BCUT2D eigenvalue weighted by Gasteiger charge is -2.24. The van der Waals surface area contributed by atoms with E-state index >= 15 is 0 Å². The van der Waals surface area contributed by atoms with Crippen molar-refractivity contribution in [2.45, 2.75) is 37.9 Å². The van der Waals surface area contributed by atoms with E-state index in [1.165, 1.54) is 12.7 Å². The summed E-state index contributed by atoms with van der Waals surface area (Å²) < 4.78 is 8.20. The number of rotatable bonds is 7. The van der Waals surface area contributed by atoms with Crippen LogP contribution in [0.1, 0.15) is 19.6 Å². The number of aliphatic hydroxyl groups excluding tert-OH is 2. The minimum Gasteiger partial charge on any atom is -0.480 e. The second kappa shape index (κ2) is 7.81. The third-order valence-corrected chi connectivity index (χ3v) is 5.93. The first kappa shape index (κ1) is 20.5. The van der Waals surface area contributed by atoms with Crippen molar-refractivity contribution in [1.29, 1.82) is 0 Å². The quantitative estimate of drug-likeness (QED) is 0.251. The molecule has 0 aliphatic carbocycles. The van der Waals surface area contributed by atoms with Crippen LogP contribution in [0.3, 0.4) is 0 Å². The first-order valence-electron chi connectivity index (χ1n) is 9.80. The van der Waals surface area contributed by atoms with Gasteiger partial charge in [0.2, 0.25) is 0 Å². The van der Waals surface area contributed by atoms with Crippen LogP contribution in [0.2, 0.25) is 0 Å². The molecule has 2 aliphatic rings. The highest BCUT2D eigenvalue weighted by molar-refractivity contribution is 5.81. The Kier molecular flexibility index (Phi) is 5.33. The largest absolute Gasteiger partial charge is 0.480 e. The number of imidazole rings is 1. The molecular formula is C19H25N6O5+. The van der Waals surface area contributed by atoms with Crippen molar-refractivity contribution in [3.63, 3.8) is 0 Å². The van der Waals surface area contributed by atoms with Crippen molar-refractivity contribution < 1.29 is 29.3 Å². The number of aliphatic hydroxyl groups is 2. The lowest BCUT2D eigenvalue weighted by Crippen LogP contribution is -2.42. The SMILES string of the molecule is CC#CC(CC[N+]1(C[C@H]2O[C@@H](n3cnc4c(N)ncnc43)C(O)[C@H]2O)CC1)C(=O)O. The summed E-state index contributed by atoms with van der Waals surface area (Å²) in [6.45, 7) is 4.47. The molecule has 11 nitrogen and oxygen atoms in total. The van der Waals surface area contributed by atoms with Crippen LogP contribution in [0.5, 0.6) is 0 Å². The Morgan fingerprint density at radius 1 is 1.37 bits per heavy atom. The van der Waals surface area contributed by atoms with E-state index in [0.717, 1.165) is 13.1 Å². The highest BCUT2D eigenvalue weighted by Gasteiger charge is 2.52. The lowest BCUT2D eigenvalue weighted by molar-refractivity contribution is -0.804. The maximum absolute atomic E-state index is 11.3. The van der Waals surface area contributed by atoms with Crippen LogP contribution in [-0.2, 0) is 9.53 Å². The van der Waals surface area contributed by atoms with Crippen LogP contribution in [0.15, 0.2) is 12.7 Å². The Hall–Kier alpha value is -2.78. The number of fused-ring (bicyclic) bond motifs is 1. The average molecular weight is 417 g/mol. The predicted molar refractivity (Wildman–Crippen MR) is 105 cm³/mol. The van der Waals surface area contributed by atoms with Crippen LogP contribution >= 0.6 is 0 Å². The molecule has 0 bridgehead atoms. The minimum absolute atomic E-state index is 0.222. The Morgan fingerprint density at radius 2 is 2.13 bits per heavy atom. The molecule has 0 spiro atoms. The summed E-state index contributed by atoms with van der Waals surface area (Å²) in [5.41, 5.74) is 6.63. The van der Waals surface area contributed by atoms with Crippen LogP contribution in [-0.4, -0.2) is 89.8 Å². The summed E-state index contributed by atoms with van der Waals surface area (Å²) >= 11 is 0. The van der Waals surface area contributed by atoms with Crippen LogP contribution in [0, 0.1) is 17.8 Å². The van der Waals surface area contributed by atoms with Gasteiger partial charge in [0.15, 0.2) is 17.7 Å². The van der Waals surface area contributed by atoms with E-state index in [2.05, 4.69) is 26.8 Å². The molecule has 2 aliphatic heterocycles. The van der Waals surface area contributed by atoms with E-state index in [4.69, 9.17) is 10.5 Å². The van der Waals surface area contributed by atoms with E-state index < -0.39 is 36.4 Å². The van der Waals surface area contributed by atoms with Gasteiger partial charge in [-0.05, 0) is 6.92 Å². The molecule has 2 fully saturated rings. The summed E-state index contributed by atoms with van der Waals surface area (Å²) in [7, 11) is 0. The molecule has 2 aromatic rings. The summed E-state index contributed by atoms with van der Waals surface area (Å²) in [5.74, 6) is 3.98.